The van der Waals surface area contributed by atoms with Crippen molar-refractivity contribution in [2.75, 3.05) is 19.6 Å². The molecule has 0 radical (unpaired) electrons. The molecule has 2 N–H and O–H groups in total. The second-order valence-electron chi connectivity index (χ2n) is 5.56. The molecule has 1 aliphatic rings. The first-order valence-corrected chi connectivity index (χ1v) is 6.20. The molecule has 0 bridgehead atoms. The predicted molar refractivity (Wildman–Crippen MR) is 75.4 cm³/mol. The van der Waals surface area contributed by atoms with Gasteiger partial charge in [-0.3, -0.25) is 4.90 Å². The van der Waals surface area contributed by atoms with Crippen molar-refractivity contribution in [3.63, 3.8) is 0 Å². The van der Waals surface area contributed by atoms with Crippen LogP contribution in [0.1, 0.15) is 24.5 Å². The predicted octanol–water partition coefficient (Wildman–Crippen LogP) is 2.73. The van der Waals surface area contributed by atoms with Crippen LogP contribution in [0.4, 0.5) is 4.39 Å². The SMILES string of the molecule is Cc1cc(CN2CCC(C)(CN)C2)ccc1F.Cl. The molecule has 1 fully saturated rings. The summed E-state index contributed by atoms with van der Waals surface area (Å²) in [5.41, 5.74) is 7.96. The lowest BCUT2D eigenvalue weighted by molar-refractivity contribution is 0.274. The molecule has 0 spiro atoms. The highest BCUT2D eigenvalue weighted by Crippen LogP contribution is 2.29. The molecule has 0 amide bonds. The normalized spacial score (nSPS) is 24.0. The summed E-state index contributed by atoms with van der Waals surface area (Å²) in [5, 5.41) is 0. The number of benzene rings is 1. The van der Waals surface area contributed by atoms with E-state index in [0.717, 1.165) is 38.2 Å². The Morgan fingerprint density at radius 1 is 1.44 bits per heavy atom. The zero-order valence-corrected chi connectivity index (χ0v) is 11.9. The lowest BCUT2D eigenvalue weighted by Gasteiger charge is -2.22. The molecular formula is C14H22ClFN2. The fraction of sp³-hybridized carbons (Fsp3) is 0.571. The van der Waals surface area contributed by atoms with Gasteiger partial charge in [0.05, 0.1) is 0 Å². The van der Waals surface area contributed by atoms with Gasteiger partial charge in [0.15, 0.2) is 0 Å². The van der Waals surface area contributed by atoms with Gasteiger partial charge in [-0.2, -0.15) is 0 Å². The Bertz CT molecular complexity index is 411. The standard InChI is InChI=1S/C14H21FN2.ClH/c1-11-7-12(3-4-13(11)15)8-17-6-5-14(2,9-16)10-17;/h3-4,7H,5-6,8-10,16H2,1-2H3;1H. The minimum Gasteiger partial charge on any atom is -0.330 e. The number of halogens is 2. The third-order valence-electron chi connectivity index (χ3n) is 3.76. The Balaban J connectivity index is 0.00000162. The van der Waals surface area contributed by atoms with Crippen LogP contribution in [0.5, 0.6) is 0 Å². The summed E-state index contributed by atoms with van der Waals surface area (Å²) in [6.07, 6.45) is 1.16. The van der Waals surface area contributed by atoms with E-state index in [1.807, 2.05) is 19.1 Å². The van der Waals surface area contributed by atoms with Gasteiger partial charge in [0, 0.05) is 13.1 Å². The van der Waals surface area contributed by atoms with Crippen LogP contribution in [0.3, 0.4) is 0 Å². The van der Waals surface area contributed by atoms with E-state index in [0.29, 0.717) is 0 Å². The molecule has 4 heteroatoms. The average molecular weight is 273 g/mol. The zero-order valence-electron chi connectivity index (χ0n) is 11.1. The Morgan fingerprint density at radius 3 is 2.72 bits per heavy atom. The van der Waals surface area contributed by atoms with Crippen LogP contribution in [0.15, 0.2) is 18.2 Å². The molecule has 0 saturated carbocycles. The first-order valence-electron chi connectivity index (χ1n) is 6.20. The van der Waals surface area contributed by atoms with Gasteiger partial charge < -0.3 is 5.73 Å². The van der Waals surface area contributed by atoms with Gasteiger partial charge in [-0.15, -0.1) is 12.4 Å². The Morgan fingerprint density at radius 2 is 2.17 bits per heavy atom. The van der Waals surface area contributed by atoms with Crippen molar-refractivity contribution in [1.29, 1.82) is 0 Å². The Hall–Kier alpha value is -0.640. The zero-order chi connectivity index (χ0) is 12.5. The molecule has 102 valence electrons. The Labute approximate surface area is 115 Å². The van der Waals surface area contributed by atoms with Crippen LogP contribution in [-0.2, 0) is 6.54 Å². The van der Waals surface area contributed by atoms with Crippen LogP contribution in [0.25, 0.3) is 0 Å². The van der Waals surface area contributed by atoms with Crippen LogP contribution in [0, 0.1) is 18.2 Å². The molecule has 1 unspecified atom stereocenters. The summed E-state index contributed by atoms with van der Waals surface area (Å²) in [6.45, 7) is 7.82. The van der Waals surface area contributed by atoms with Crippen LogP contribution in [-0.4, -0.2) is 24.5 Å². The number of rotatable bonds is 3. The highest BCUT2D eigenvalue weighted by atomic mass is 35.5. The average Bonchev–Trinajstić information content (AvgIpc) is 2.67. The van der Waals surface area contributed by atoms with E-state index in [-0.39, 0.29) is 23.6 Å². The molecular weight excluding hydrogens is 251 g/mol. The monoisotopic (exact) mass is 272 g/mol. The molecule has 2 nitrogen and oxygen atoms in total. The minimum absolute atomic E-state index is 0. The summed E-state index contributed by atoms with van der Waals surface area (Å²) in [6, 6.07) is 5.37. The molecule has 1 heterocycles. The van der Waals surface area contributed by atoms with Gasteiger partial charge in [0.25, 0.3) is 0 Å². The largest absolute Gasteiger partial charge is 0.330 e. The van der Waals surface area contributed by atoms with Gasteiger partial charge in [-0.05, 0) is 49.0 Å². The maximum absolute atomic E-state index is 13.2. The smallest absolute Gasteiger partial charge is 0.126 e. The fourth-order valence-electron chi connectivity index (χ4n) is 2.49. The third kappa shape index (κ3) is 3.44. The highest BCUT2D eigenvalue weighted by Gasteiger charge is 2.32. The van der Waals surface area contributed by atoms with Gasteiger partial charge in [0.1, 0.15) is 5.82 Å². The number of hydrogen-bond acceptors (Lipinski definition) is 2. The third-order valence-corrected chi connectivity index (χ3v) is 3.76. The summed E-state index contributed by atoms with van der Waals surface area (Å²) in [4.78, 5) is 2.40. The maximum atomic E-state index is 13.2. The number of aryl methyl sites for hydroxylation is 1. The van der Waals surface area contributed by atoms with Crippen molar-refractivity contribution in [3.8, 4) is 0 Å². The number of nitrogens with zero attached hydrogens (tertiary/aromatic N) is 1. The van der Waals surface area contributed by atoms with Gasteiger partial charge >= 0.3 is 0 Å². The Kier molecular flexibility index (Phi) is 5.14. The summed E-state index contributed by atoms with van der Waals surface area (Å²) in [5.74, 6) is -0.123. The highest BCUT2D eigenvalue weighted by molar-refractivity contribution is 5.85. The number of likely N-dealkylation sites (tertiary alicyclic amines) is 1. The molecule has 1 aromatic rings. The van der Waals surface area contributed by atoms with E-state index >= 15 is 0 Å². The second-order valence-corrected chi connectivity index (χ2v) is 5.56. The van der Waals surface area contributed by atoms with Crippen LogP contribution in [0.2, 0.25) is 0 Å². The van der Waals surface area contributed by atoms with Crippen molar-refractivity contribution in [3.05, 3.63) is 35.1 Å². The molecule has 0 aromatic heterocycles. The topological polar surface area (TPSA) is 29.3 Å². The summed E-state index contributed by atoms with van der Waals surface area (Å²) < 4.78 is 13.2. The lowest BCUT2D eigenvalue weighted by Crippen LogP contribution is -2.31. The molecule has 1 aliphatic heterocycles. The van der Waals surface area contributed by atoms with Crippen molar-refractivity contribution in [2.45, 2.75) is 26.8 Å². The van der Waals surface area contributed by atoms with E-state index in [1.54, 1.807) is 6.07 Å². The first kappa shape index (κ1) is 15.4. The first-order chi connectivity index (χ1) is 8.02. The van der Waals surface area contributed by atoms with E-state index in [4.69, 9.17) is 5.73 Å². The molecule has 1 atom stereocenters. The van der Waals surface area contributed by atoms with E-state index < -0.39 is 0 Å². The minimum atomic E-state index is -0.123. The number of hydrogen-bond donors (Lipinski definition) is 1. The van der Waals surface area contributed by atoms with Crippen molar-refractivity contribution < 1.29 is 4.39 Å². The summed E-state index contributed by atoms with van der Waals surface area (Å²) in [7, 11) is 0. The van der Waals surface area contributed by atoms with Gasteiger partial charge in [-0.1, -0.05) is 19.1 Å². The second kappa shape index (κ2) is 6.00. The lowest BCUT2D eigenvalue weighted by atomic mass is 9.90. The molecule has 1 saturated heterocycles. The quantitative estimate of drug-likeness (QED) is 0.917. The number of nitrogens with two attached hydrogens (primary N) is 1. The van der Waals surface area contributed by atoms with E-state index in [2.05, 4.69) is 11.8 Å². The molecule has 0 aliphatic carbocycles. The molecule has 2 rings (SSSR count). The van der Waals surface area contributed by atoms with E-state index in [1.165, 1.54) is 5.56 Å². The van der Waals surface area contributed by atoms with Crippen molar-refractivity contribution >= 4 is 12.4 Å². The van der Waals surface area contributed by atoms with Crippen LogP contribution >= 0.6 is 12.4 Å². The van der Waals surface area contributed by atoms with Gasteiger partial charge in [-0.25, -0.2) is 4.39 Å². The molecule has 18 heavy (non-hydrogen) atoms. The van der Waals surface area contributed by atoms with Crippen molar-refractivity contribution in [1.82, 2.24) is 4.90 Å². The maximum Gasteiger partial charge on any atom is 0.126 e. The van der Waals surface area contributed by atoms with E-state index in [9.17, 15) is 4.39 Å². The summed E-state index contributed by atoms with van der Waals surface area (Å²) >= 11 is 0. The van der Waals surface area contributed by atoms with Gasteiger partial charge in [0.2, 0.25) is 0 Å². The molecule has 1 aromatic carbocycles. The fourth-order valence-corrected chi connectivity index (χ4v) is 2.49. The van der Waals surface area contributed by atoms with Crippen molar-refractivity contribution in [2.24, 2.45) is 11.1 Å². The van der Waals surface area contributed by atoms with Crippen LogP contribution < -0.4 is 5.73 Å².